The van der Waals surface area contributed by atoms with E-state index in [4.69, 9.17) is 15.1 Å². The van der Waals surface area contributed by atoms with Crippen molar-refractivity contribution in [2.24, 2.45) is 0 Å². The summed E-state index contributed by atoms with van der Waals surface area (Å²) in [5.74, 6) is 1.13. The summed E-state index contributed by atoms with van der Waals surface area (Å²) >= 11 is 0. The largest absolute Gasteiger partial charge is 0.306 e. The standard InChI is InChI=1S/C30H30N6O/c1-5-35-14-13-25-23(17-35)28(22-10-6-7-12-24(22)31-25)30(37)33-27-16-20(4)34-36(27)26-15-19(3)21-11-8-9-18(2)29(21)32-26/h6-12,15-16H,5,13-14,17H2,1-4H3,(H,33,37). The minimum atomic E-state index is -0.150. The van der Waals surface area contributed by atoms with E-state index in [-0.39, 0.29) is 5.91 Å². The zero-order valence-electron chi connectivity index (χ0n) is 21.7. The number of fused-ring (bicyclic) bond motifs is 3. The molecule has 3 aromatic heterocycles. The van der Waals surface area contributed by atoms with Gasteiger partial charge in [-0.3, -0.25) is 14.7 Å². The molecule has 0 saturated carbocycles. The highest BCUT2D eigenvalue weighted by Gasteiger charge is 2.26. The highest BCUT2D eigenvalue weighted by molar-refractivity contribution is 6.13. The van der Waals surface area contributed by atoms with Crippen LogP contribution in [0.3, 0.4) is 0 Å². The van der Waals surface area contributed by atoms with E-state index in [1.807, 2.05) is 43.3 Å². The Morgan fingerprint density at radius 2 is 1.78 bits per heavy atom. The molecule has 0 spiro atoms. The van der Waals surface area contributed by atoms with Gasteiger partial charge >= 0.3 is 0 Å². The number of para-hydroxylation sites is 2. The SMILES string of the molecule is CCN1CCc2nc3ccccc3c(C(=O)Nc3cc(C)nn3-c3cc(C)c4cccc(C)c4n3)c2C1. The van der Waals surface area contributed by atoms with Crippen LogP contribution in [0.5, 0.6) is 0 Å². The van der Waals surface area contributed by atoms with E-state index in [9.17, 15) is 4.79 Å². The van der Waals surface area contributed by atoms with Gasteiger partial charge in [0.05, 0.1) is 22.3 Å². The van der Waals surface area contributed by atoms with Crippen molar-refractivity contribution in [2.75, 3.05) is 18.4 Å². The molecule has 1 amide bonds. The summed E-state index contributed by atoms with van der Waals surface area (Å²) in [7, 11) is 0. The number of aryl methyl sites for hydroxylation is 3. The van der Waals surface area contributed by atoms with Gasteiger partial charge in [-0.25, -0.2) is 4.98 Å². The lowest BCUT2D eigenvalue weighted by Gasteiger charge is -2.29. The van der Waals surface area contributed by atoms with Gasteiger partial charge in [-0.15, -0.1) is 0 Å². The zero-order chi connectivity index (χ0) is 25.7. The molecule has 7 nitrogen and oxygen atoms in total. The Bertz CT molecular complexity index is 1690. The number of pyridine rings is 2. The topological polar surface area (TPSA) is 75.9 Å². The molecule has 0 radical (unpaired) electrons. The lowest BCUT2D eigenvalue weighted by atomic mass is 9.95. The van der Waals surface area contributed by atoms with Crippen molar-refractivity contribution >= 4 is 33.5 Å². The second-order valence-corrected chi connectivity index (χ2v) is 9.85. The predicted octanol–water partition coefficient (Wildman–Crippen LogP) is 5.52. The number of nitrogens with one attached hydrogen (secondary N) is 1. The summed E-state index contributed by atoms with van der Waals surface area (Å²) < 4.78 is 1.74. The quantitative estimate of drug-likeness (QED) is 0.359. The number of nitrogens with zero attached hydrogens (tertiary/aromatic N) is 5. The first-order valence-corrected chi connectivity index (χ1v) is 12.8. The summed E-state index contributed by atoms with van der Waals surface area (Å²) in [5, 5.41) is 9.87. The van der Waals surface area contributed by atoms with Crippen molar-refractivity contribution in [3.05, 3.63) is 88.2 Å². The van der Waals surface area contributed by atoms with Crippen LogP contribution in [-0.2, 0) is 13.0 Å². The minimum absolute atomic E-state index is 0.150. The molecular weight excluding hydrogens is 460 g/mol. The number of aromatic nitrogens is 4. The van der Waals surface area contributed by atoms with E-state index in [1.165, 1.54) is 0 Å². The van der Waals surface area contributed by atoms with Crippen LogP contribution in [0, 0.1) is 20.8 Å². The first-order valence-electron chi connectivity index (χ1n) is 12.8. The molecular formula is C30H30N6O. The third kappa shape index (κ3) is 4.05. The Labute approximate surface area is 216 Å². The first-order chi connectivity index (χ1) is 17.9. The Kier molecular flexibility index (Phi) is 5.72. The average molecular weight is 491 g/mol. The number of likely N-dealkylation sites (N-methyl/N-ethyl adjacent to an activating group) is 1. The number of hydrogen-bond donors (Lipinski definition) is 1. The molecule has 1 aliphatic rings. The van der Waals surface area contributed by atoms with E-state index in [0.29, 0.717) is 17.2 Å². The second-order valence-electron chi connectivity index (χ2n) is 9.85. The van der Waals surface area contributed by atoms with Crippen LogP contribution in [0.2, 0.25) is 0 Å². The Morgan fingerprint density at radius 3 is 2.62 bits per heavy atom. The van der Waals surface area contributed by atoms with Crippen molar-refractivity contribution in [3.63, 3.8) is 0 Å². The molecule has 37 heavy (non-hydrogen) atoms. The van der Waals surface area contributed by atoms with E-state index in [2.05, 4.69) is 49.2 Å². The summed E-state index contributed by atoms with van der Waals surface area (Å²) in [6.45, 7) is 10.8. The molecule has 5 aromatic rings. The van der Waals surface area contributed by atoms with Gasteiger partial charge in [-0.2, -0.15) is 9.78 Å². The highest BCUT2D eigenvalue weighted by atomic mass is 16.1. The van der Waals surface area contributed by atoms with Gasteiger partial charge < -0.3 is 5.32 Å². The Balaban J connectivity index is 1.46. The average Bonchev–Trinajstić information content (AvgIpc) is 3.27. The van der Waals surface area contributed by atoms with Gasteiger partial charge in [-0.05, 0) is 50.6 Å². The molecule has 186 valence electrons. The van der Waals surface area contributed by atoms with Crippen LogP contribution < -0.4 is 5.32 Å². The number of hydrogen-bond acceptors (Lipinski definition) is 5. The third-order valence-electron chi connectivity index (χ3n) is 7.32. The van der Waals surface area contributed by atoms with Gasteiger partial charge in [0.25, 0.3) is 5.91 Å². The lowest BCUT2D eigenvalue weighted by molar-refractivity contribution is 0.102. The molecule has 0 saturated heterocycles. The molecule has 0 unspecified atom stereocenters. The van der Waals surface area contributed by atoms with Gasteiger partial charge in [0.1, 0.15) is 5.82 Å². The van der Waals surface area contributed by atoms with Crippen molar-refractivity contribution in [2.45, 2.75) is 40.7 Å². The van der Waals surface area contributed by atoms with E-state index in [0.717, 1.165) is 75.9 Å². The fourth-order valence-corrected chi connectivity index (χ4v) is 5.37. The van der Waals surface area contributed by atoms with Crippen LogP contribution in [-0.4, -0.2) is 43.6 Å². The van der Waals surface area contributed by atoms with Gasteiger partial charge in [0, 0.05) is 47.6 Å². The van der Waals surface area contributed by atoms with Crippen molar-refractivity contribution in [1.29, 1.82) is 0 Å². The maximum atomic E-state index is 14.0. The summed E-state index contributed by atoms with van der Waals surface area (Å²) in [5.41, 5.74) is 7.54. The Hall–Kier alpha value is -4.10. The van der Waals surface area contributed by atoms with E-state index in [1.54, 1.807) is 4.68 Å². The smallest absolute Gasteiger partial charge is 0.257 e. The van der Waals surface area contributed by atoms with Crippen molar-refractivity contribution < 1.29 is 4.79 Å². The molecule has 7 heteroatoms. The predicted molar refractivity (Wildman–Crippen MR) is 147 cm³/mol. The van der Waals surface area contributed by atoms with Crippen LogP contribution in [0.1, 0.15) is 45.4 Å². The number of carbonyl (C=O) groups excluding carboxylic acids is 1. The van der Waals surface area contributed by atoms with Gasteiger partial charge in [0.15, 0.2) is 5.82 Å². The van der Waals surface area contributed by atoms with Crippen LogP contribution in [0.25, 0.3) is 27.6 Å². The molecule has 0 fully saturated rings. The van der Waals surface area contributed by atoms with Crippen LogP contribution in [0.4, 0.5) is 5.82 Å². The number of amides is 1. The third-order valence-corrected chi connectivity index (χ3v) is 7.32. The molecule has 0 aliphatic carbocycles. The summed E-state index contributed by atoms with van der Waals surface area (Å²) in [6, 6.07) is 18.0. The number of carbonyl (C=O) groups is 1. The lowest BCUT2D eigenvalue weighted by Crippen LogP contribution is -2.33. The van der Waals surface area contributed by atoms with Gasteiger partial charge in [-0.1, -0.05) is 43.3 Å². The van der Waals surface area contributed by atoms with Crippen molar-refractivity contribution in [1.82, 2.24) is 24.6 Å². The molecule has 0 atom stereocenters. The second kappa shape index (κ2) is 9.09. The van der Waals surface area contributed by atoms with Gasteiger partial charge in [0.2, 0.25) is 0 Å². The maximum absolute atomic E-state index is 14.0. The molecule has 4 heterocycles. The highest BCUT2D eigenvalue weighted by Crippen LogP contribution is 2.30. The number of anilines is 1. The van der Waals surface area contributed by atoms with E-state index >= 15 is 0 Å². The van der Waals surface area contributed by atoms with E-state index < -0.39 is 0 Å². The molecule has 2 aromatic carbocycles. The molecule has 1 aliphatic heterocycles. The fraction of sp³-hybridized carbons (Fsp3) is 0.267. The fourth-order valence-electron chi connectivity index (χ4n) is 5.37. The maximum Gasteiger partial charge on any atom is 0.257 e. The summed E-state index contributed by atoms with van der Waals surface area (Å²) in [4.78, 5) is 26.2. The normalized spacial score (nSPS) is 13.7. The van der Waals surface area contributed by atoms with Crippen molar-refractivity contribution in [3.8, 4) is 5.82 Å². The Morgan fingerprint density at radius 1 is 0.973 bits per heavy atom. The van der Waals surface area contributed by atoms with Crippen LogP contribution >= 0.6 is 0 Å². The zero-order valence-corrected chi connectivity index (χ0v) is 21.7. The molecule has 0 bridgehead atoms. The molecule has 1 N–H and O–H groups in total. The number of benzene rings is 2. The van der Waals surface area contributed by atoms with Crippen LogP contribution in [0.15, 0.2) is 54.6 Å². The molecule has 6 rings (SSSR count). The minimum Gasteiger partial charge on any atom is -0.306 e. The summed E-state index contributed by atoms with van der Waals surface area (Å²) in [6.07, 6.45) is 0.838. The first kappa shape index (κ1) is 23.3. The monoisotopic (exact) mass is 490 g/mol. The number of rotatable bonds is 4.